The standard InChI is InChI=1S/C10H12INO/c11-8-3-1-2-4-9(8)13-7-10(12)5-6-10/h1-4H,5-7,12H2. The van der Waals surface area contributed by atoms with Crippen LogP contribution in [-0.2, 0) is 0 Å². The maximum atomic E-state index is 5.92. The smallest absolute Gasteiger partial charge is 0.132 e. The molecular formula is C10H12INO. The van der Waals surface area contributed by atoms with Crippen molar-refractivity contribution in [1.29, 1.82) is 0 Å². The SMILES string of the molecule is NC1(COc2ccccc2I)CC1. The summed E-state index contributed by atoms with van der Waals surface area (Å²) in [4.78, 5) is 0. The summed E-state index contributed by atoms with van der Waals surface area (Å²) in [5, 5.41) is 0. The third-order valence-electron chi connectivity index (χ3n) is 2.24. The summed E-state index contributed by atoms with van der Waals surface area (Å²) >= 11 is 2.27. The predicted molar refractivity (Wildman–Crippen MR) is 60.8 cm³/mol. The Morgan fingerprint density at radius 1 is 1.38 bits per heavy atom. The van der Waals surface area contributed by atoms with Crippen molar-refractivity contribution < 1.29 is 4.74 Å². The van der Waals surface area contributed by atoms with E-state index in [2.05, 4.69) is 22.6 Å². The van der Waals surface area contributed by atoms with Crippen LogP contribution in [0.5, 0.6) is 5.75 Å². The topological polar surface area (TPSA) is 35.2 Å². The first-order valence-electron chi connectivity index (χ1n) is 4.36. The van der Waals surface area contributed by atoms with Gasteiger partial charge in [0.1, 0.15) is 12.4 Å². The van der Waals surface area contributed by atoms with Gasteiger partial charge in [-0.2, -0.15) is 0 Å². The van der Waals surface area contributed by atoms with Gasteiger partial charge in [-0.05, 0) is 47.6 Å². The zero-order valence-electron chi connectivity index (χ0n) is 7.29. The molecule has 1 aromatic carbocycles. The van der Waals surface area contributed by atoms with Crippen molar-refractivity contribution in [3.8, 4) is 5.75 Å². The molecule has 1 aliphatic carbocycles. The average molecular weight is 289 g/mol. The van der Waals surface area contributed by atoms with Gasteiger partial charge in [0, 0.05) is 0 Å². The summed E-state index contributed by atoms with van der Waals surface area (Å²) < 4.78 is 6.77. The van der Waals surface area contributed by atoms with Crippen LogP contribution >= 0.6 is 22.6 Å². The fourth-order valence-corrected chi connectivity index (χ4v) is 1.63. The lowest BCUT2D eigenvalue weighted by atomic mass is 10.3. The summed E-state index contributed by atoms with van der Waals surface area (Å²) in [6, 6.07) is 8.00. The number of nitrogens with two attached hydrogens (primary N) is 1. The van der Waals surface area contributed by atoms with E-state index in [-0.39, 0.29) is 5.54 Å². The van der Waals surface area contributed by atoms with Crippen LogP contribution in [0.2, 0.25) is 0 Å². The molecular weight excluding hydrogens is 277 g/mol. The van der Waals surface area contributed by atoms with Gasteiger partial charge < -0.3 is 10.5 Å². The quantitative estimate of drug-likeness (QED) is 0.865. The fourth-order valence-electron chi connectivity index (χ4n) is 1.09. The molecule has 0 spiro atoms. The molecule has 0 aliphatic heterocycles. The second-order valence-electron chi connectivity index (χ2n) is 3.58. The van der Waals surface area contributed by atoms with E-state index in [1.165, 1.54) is 0 Å². The number of halogens is 1. The molecule has 1 aliphatic rings. The third-order valence-corrected chi connectivity index (χ3v) is 3.14. The Morgan fingerprint density at radius 2 is 2.08 bits per heavy atom. The molecule has 70 valence electrons. The second-order valence-corrected chi connectivity index (χ2v) is 4.74. The van der Waals surface area contributed by atoms with Crippen LogP contribution in [0.4, 0.5) is 0 Å². The number of rotatable bonds is 3. The molecule has 1 aromatic rings. The van der Waals surface area contributed by atoms with Crippen LogP contribution in [0.25, 0.3) is 0 Å². The normalized spacial score (nSPS) is 18.3. The first-order chi connectivity index (χ1) is 6.20. The maximum Gasteiger partial charge on any atom is 0.132 e. The summed E-state index contributed by atoms with van der Waals surface area (Å²) in [6.45, 7) is 0.646. The lowest BCUT2D eigenvalue weighted by Crippen LogP contribution is -2.29. The molecule has 2 nitrogen and oxygen atoms in total. The van der Waals surface area contributed by atoms with Gasteiger partial charge in [0.2, 0.25) is 0 Å². The van der Waals surface area contributed by atoms with Gasteiger partial charge in [-0.3, -0.25) is 0 Å². The van der Waals surface area contributed by atoms with Crippen molar-refractivity contribution in [2.75, 3.05) is 6.61 Å². The highest BCUT2D eigenvalue weighted by Gasteiger charge is 2.39. The lowest BCUT2D eigenvalue weighted by molar-refractivity contribution is 0.277. The summed E-state index contributed by atoms with van der Waals surface area (Å²) in [5.74, 6) is 0.944. The lowest BCUT2D eigenvalue weighted by Gasteiger charge is -2.11. The van der Waals surface area contributed by atoms with Gasteiger partial charge in [0.15, 0.2) is 0 Å². The Bertz CT molecular complexity index is 310. The summed E-state index contributed by atoms with van der Waals surface area (Å²) in [7, 11) is 0. The van der Waals surface area contributed by atoms with Gasteiger partial charge in [0.25, 0.3) is 0 Å². The van der Waals surface area contributed by atoms with Gasteiger partial charge in [-0.15, -0.1) is 0 Å². The monoisotopic (exact) mass is 289 g/mol. The summed E-state index contributed by atoms with van der Waals surface area (Å²) in [5.41, 5.74) is 5.89. The van der Waals surface area contributed by atoms with E-state index in [1.54, 1.807) is 0 Å². The highest BCUT2D eigenvalue weighted by molar-refractivity contribution is 14.1. The van der Waals surface area contributed by atoms with Crippen molar-refractivity contribution in [2.24, 2.45) is 5.73 Å². The molecule has 13 heavy (non-hydrogen) atoms. The molecule has 0 radical (unpaired) electrons. The van der Waals surface area contributed by atoms with E-state index in [0.717, 1.165) is 22.2 Å². The number of hydrogen-bond donors (Lipinski definition) is 1. The van der Waals surface area contributed by atoms with Crippen LogP contribution in [-0.4, -0.2) is 12.1 Å². The van der Waals surface area contributed by atoms with E-state index in [9.17, 15) is 0 Å². The van der Waals surface area contributed by atoms with E-state index in [0.29, 0.717) is 6.61 Å². The van der Waals surface area contributed by atoms with Crippen molar-refractivity contribution in [3.05, 3.63) is 27.8 Å². The minimum Gasteiger partial charge on any atom is -0.491 e. The largest absolute Gasteiger partial charge is 0.491 e. The van der Waals surface area contributed by atoms with Gasteiger partial charge in [-0.25, -0.2) is 0 Å². The van der Waals surface area contributed by atoms with E-state index in [1.807, 2.05) is 24.3 Å². The van der Waals surface area contributed by atoms with Crippen LogP contribution < -0.4 is 10.5 Å². The Morgan fingerprint density at radius 3 is 2.69 bits per heavy atom. The minimum absolute atomic E-state index is 0.0288. The molecule has 2 rings (SSSR count). The fraction of sp³-hybridized carbons (Fsp3) is 0.400. The number of ether oxygens (including phenoxy) is 1. The first kappa shape index (κ1) is 9.27. The van der Waals surface area contributed by atoms with Crippen molar-refractivity contribution in [3.63, 3.8) is 0 Å². The van der Waals surface area contributed by atoms with Crippen molar-refractivity contribution in [1.82, 2.24) is 0 Å². The molecule has 0 saturated heterocycles. The molecule has 1 fully saturated rings. The molecule has 0 heterocycles. The minimum atomic E-state index is -0.0288. The van der Waals surface area contributed by atoms with Gasteiger partial charge in [-0.1, -0.05) is 12.1 Å². The zero-order chi connectivity index (χ0) is 9.31. The zero-order valence-corrected chi connectivity index (χ0v) is 9.45. The molecule has 3 heteroatoms. The highest BCUT2D eigenvalue weighted by Crippen LogP contribution is 2.33. The molecule has 0 amide bonds. The van der Waals surface area contributed by atoms with Gasteiger partial charge in [0.05, 0.1) is 9.11 Å². The van der Waals surface area contributed by atoms with E-state index < -0.39 is 0 Å². The predicted octanol–water partition coefficient (Wildman–Crippen LogP) is 2.16. The number of para-hydroxylation sites is 1. The van der Waals surface area contributed by atoms with Gasteiger partial charge >= 0.3 is 0 Å². The molecule has 0 bridgehead atoms. The Balaban J connectivity index is 1.97. The molecule has 0 atom stereocenters. The number of hydrogen-bond acceptors (Lipinski definition) is 2. The van der Waals surface area contributed by atoms with E-state index >= 15 is 0 Å². The van der Waals surface area contributed by atoms with Crippen molar-refractivity contribution >= 4 is 22.6 Å². The average Bonchev–Trinajstić information content (AvgIpc) is 2.83. The third kappa shape index (κ3) is 2.34. The molecule has 0 unspecified atom stereocenters. The Kier molecular flexibility index (Phi) is 2.47. The second kappa shape index (κ2) is 3.46. The van der Waals surface area contributed by atoms with Crippen LogP contribution in [0.15, 0.2) is 24.3 Å². The van der Waals surface area contributed by atoms with Crippen molar-refractivity contribution in [2.45, 2.75) is 18.4 Å². The molecule has 0 aromatic heterocycles. The van der Waals surface area contributed by atoms with Crippen LogP contribution in [0.3, 0.4) is 0 Å². The molecule has 2 N–H and O–H groups in total. The number of benzene rings is 1. The Labute approximate surface area is 91.6 Å². The molecule has 1 saturated carbocycles. The highest BCUT2D eigenvalue weighted by atomic mass is 127. The first-order valence-corrected chi connectivity index (χ1v) is 5.44. The van der Waals surface area contributed by atoms with E-state index in [4.69, 9.17) is 10.5 Å². The summed E-state index contributed by atoms with van der Waals surface area (Å²) in [6.07, 6.45) is 2.19. The van der Waals surface area contributed by atoms with Crippen LogP contribution in [0.1, 0.15) is 12.8 Å². The Hall–Kier alpha value is -0.290. The van der Waals surface area contributed by atoms with Crippen LogP contribution in [0, 0.1) is 3.57 Å². The maximum absolute atomic E-state index is 5.92.